The number of hydrogen-bond donors (Lipinski definition) is 0. The molecule has 36 heavy (non-hydrogen) atoms. The standard InChI is InChI=1S/C24H20F5N3O3S/c25-17-5-8-20(9-6-17)36(34,35)32-13-18(26)11-22(32)23(33)10-7-19-12-21(31-14-30-19)15-1-3-16(4-2-15)24(27,28)29/h1-6,8-9,12,14,18,22H,7,10-11,13H2/t18-,22+/m1/s1. The summed E-state index contributed by atoms with van der Waals surface area (Å²) < 4.78 is 92.5. The number of aryl methyl sites for hydroxylation is 1. The van der Waals surface area contributed by atoms with Crippen LogP contribution in [0.5, 0.6) is 0 Å². The lowest BCUT2D eigenvalue weighted by Crippen LogP contribution is -2.40. The van der Waals surface area contributed by atoms with Gasteiger partial charge in [-0.2, -0.15) is 17.5 Å². The molecule has 0 saturated carbocycles. The molecule has 6 nitrogen and oxygen atoms in total. The normalized spacial score (nSPS) is 18.9. The molecule has 2 aromatic carbocycles. The highest BCUT2D eigenvalue weighted by molar-refractivity contribution is 7.89. The van der Waals surface area contributed by atoms with E-state index in [0.29, 0.717) is 17.0 Å². The Hall–Kier alpha value is -3.25. The Labute approximate surface area is 203 Å². The number of carbonyl (C=O) groups excluding carboxylic acids is 1. The lowest BCUT2D eigenvalue weighted by atomic mass is 10.0. The zero-order valence-electron chi connectivity index (χ0n) is 18.6. The molecule has 0 amide bonds. The summed E-state index contributed by atoms with van der Waals surface area (Å²) in [6.07, 6.45) is -5.12. The van der Waals surface area contributed by atoms with E-state index in [-0.39, 0.29) is 24.2 Å². The van der Waals surface area contributed by atoms with Crippen LogP contribution < -0.4 is 0 Å². The summed E-state index contributed by atoms with van der Waals surface area (Å²) in [6, 6.07) is 8.78. The second kappa shape index (κ2) is 10.0. The van der Waals surface area contributed by atoms with E-state index in [9.17, 15) is 35.2 Å². The molecule has 2 heterocycles. The highest BCUT2D eigenvalue weighted by Gasteiger charge is 2.43. The van der Waals surface area contributed by atoms with E-state index in [1.807, 2.05) is 0 Å². The van der Waals surface area contributed by atoms with E-state index in [0.717, 1.165) is 40.7 Å². The molecule has 190 valence electrons. The Kier molecular flexibility index (Phi) is 7.19. The fourth-order valence-electron chi connectivity index (χ4n) is 4.00. The zero-order chi connectivity index (χ0) is 26.1. The maximum atomic E-state index is 14.2. The number of sulfonamides is 1. The molecule has 12 heteroatoms. The molecule has 1 aromatic heterocycles. The van der Waals surface area contributed by atoms with Crippen molar-refractivity contribution in [3.63, 3.8) is 0 Å². The van der Waals surface area contributed by atoms with Crippen molar-refractivity contribution in [1.82, 2.24) is 14.3 Å². The minimum absolute atomic E-state index is 0.0902. The van der Waals surface area contributed by atoms with Crippen LogP contribution in [0, 0.1) is 5.82 Å². The molecule has 0 spiro atoms. The Morgan fingerprint density at radius 2 is 1.69 bits per heavy atom. The first kappa shape index (κ1) is 25.8. The molecule has 0 N–H and O–H groups in total. The van der Waals surface area contributed by atoms with Gasteiger partial charge in [0.05, 0.1) is 22.2 Å². The van der Waals surface area contributed by atoms with Gasteiger partial charge < -0.3 is 0 Å². The maximum Gasteiger partial charge on any atom is 0.416 e. The number of ketones is 1. The average molecular weight is 525 g/mol. The predicted molar refractivity (Wildman–Crippen MR) is 119 cm³/mol. The fourth-order valence-corrected chi connectivity index (χ4v) is 5.64. The number of carbonyl (C=O) groups is 1. The fraction of sp³-hybridized carbons (Fsp3) is 0.292. The average Bonchev–Trinajstić information content (AvgIpc) is 3.25. The molecule has 0 radical (unpaired) electrons. The Morgan fingerprint density at radius 3 is 2.33 bits per heavy atom. The number of nitrogens with zero attached hydrogens (tertiary/aromatic N) is 3. The van der Waals surface area contributed by atoms with Crippen LogP contribution in [0.25, 0.3) is 11.3 Å². The second-order valence-electron chi connectivity index (χ2n) is 8.31. The van der Waals surface area contributed by atoms with Crippen molar-refractivity contribution in [3.05, 3.63) is 78.0 Å². The van der Waals surface area contributed by atoms with Gasteiger partial charge in [-0.3, -0.25) is 4.79 Å². The first-order valence-electron chi connectivity index (χ1n) is 10.9. The topological polar surface area (TPSA) is 80.2 Å². The molecule has 4 rings (SSSR count). The summed E-state index contributed by atoms with van der Waals surface area (Å²) in [4.78, 5) is 20.8. The maximum absolute atomic E-state index is 14.2. The van der Waals surface area contributed by atoms with E-state index < -0.39 is 52.1 Å². The van der Waals surface area contributed by atoms with Gasteiger partial charge >= 0.3 is 6.18 Å². The van der Waals surface area contributed by atoms with E-state index in [2.05, 4.69) is 9.97 Å². The molecule has 1 aliphatic rings. The van der Waals surface area contributed by atoms with Crippen LogP contribution in [-0.2, 0) is 27.4 Å². The van der Waals surface area contributed by atoms with Gasteiger partial charge in [0, 0.05) is 30.6 Å². The molecule has 1 fully saturated rings. The monoisotopic (exact) mass is 525 g/mol. The third-order valence-corrected chi connectivity index (χ3v) is 7.74. The third-order valence-electron chi connectivity index (χ3n) is 5.86. The Morgan fingerprint density at radius 1 is 1.03 bits per heavy atom. The van der Waals surface area contributed by atoms with Crippen molar-refractivity contribution in [2.24, 2.45) is 0 Å². The molecular formula is C24H20F5N3O3S. The van der Waals surface area contributed by atoms with Crippen LogP contribution in [0.4, 0.5) is 22.0 Å². The van der Waals surface area contributed by atoms with Crippen molar-refractivity contribution in [3.8, 4) is 11.3 Å². The first-order valence-corrected chi connectivity index (χ1v) is 12.3. The summed E-state index contributed by atoms with van der Waals surface area (Å²) in [7, 11) is -4.22. The zero-order valence-corrected chi connectivity index (χ0v) is 19.4. The van der Waals surface area contributed by atoms with Gasteiger partial charge in [-0.25, -0.2) is 27.2 Å². The van der Waals surface area contributed by atoms with Gasteiger partial charge in [0.25, 0.3) is 0 Å². The van der Waals surface area contributed by atoms with Gasteiger partial charge in [-0.05, 0) is 48.9 Å². The second-order valence-corrected chi connectivity index (χ2v) is 10.2. The summed E-state index contributed by atoms with van der Waals surface area (Å²) in [5.74, 6) is -1.14. The first-order chi connectivity index (χ1) is 16.9. The number of halogens is 5. The van der Waals surface area contributed by atoms with Gasteiger partial charge in [0.2, 0.25) is 10.0 Å². The highest BCUT2D eigenvalue weighted by Crippen LogP contribution is 2.31. The van der Waals surface area contributed by atoms with E-state index in [4.69, 9.17) is 0 Å². The van der Waals surface area contributed by atoms with Crippen LogP contribution in [0.15, 0.2) is 65.8 Å². The Balaban J connectivity index is 1.46. The molecule has 1 saturated heterocycles. The van der Waals surface area contributed by atoms with Gasteiger partial charge in [-0.1, -0.05) is 12.1 Å². The minimum atomic E-state index is -4.47. The van der Waals surface area contributed by atoms with Crippen molar-refractivity contribution in [2.45, 2.75) is 42.5 Å². The van der Waals surface area contributed by atoms with Gasteiger partial charge in [0.15, 0.2) is 5.78 Å². The van der Waals surface area contributed by atoms with Gasteiger partial charge in [0.1, 0.15) is 18.3 Å². The predicted octanol–water partition coefficient (Wildman–Crippen LogP) is 4.60. The van der Waals surface area contributed by atoms with E-state index >= 15 is 0 Å². The van der Waals surface area contributed by atoms with E-state index in [1.54, 1.807) is 0 Å². The number of Topliss-reactive ketones (excluding diaryl/α,β-unsaturated/α-hetero) is 1. The summed E-state index contributed by atoms with van der Waals surface area (Å²) in [5, 5.41) is 0. The molecule has 0 aliphatic carbocycles. The number of benzene rings is 2. The van der Waals surface area contributed by atoms with E-state index in [1.165, 1.54) is 24.5 Å². The number of hydrogen-bond acceptors (Lipinski definition) is 5. The van der Waals surface area contributed by atoms with Crippen molar-refractivity contribution >= 4 is 15.8 Å². The molecule has 3 aromatic rings. The van der Waals surface area contributed by atoms with Crippen molar-refractivity contribution < 1.29 is 35.2 Å². The summed E-state index contributed by atoms with van der Waals surface area (Å²) >= 11 is 0. The molecule has 0 bridgehead atoms. The van der Waals surface area contributed by atoms with Crippen LogP contribution >= 0.6 is 0 Å². The molecule has 1 aliphatic heterocycles. The van der Waals surface area contributed by atoms with Crippen LogP contribution in [0.3, 0.4) is 0 Å². The van der Waals surface area contributed by atoms with Crippen molar-refractivity contribution in [2.75, 3.05) is 6.54 Å². The van der Waals surface area contributed by atoms with Crippen LogP contribution in [0.2, 0.25) is 0 Å². The number of alkyl halides is 4. The lowest BCUT2D eigenvalue weighted by Gasteiger charge is -2.22. The Bertz CT molecular complexity index is 1350. The largest absolute Gasteiger partial charge is 0.416 e. The smallest absolute Gasteiger partial charge is 0.298 e. The minimum Gasteiger partial charge on any atom is -0.298 e. The summed E-state index contributed by atoms with van der Waals surface area (Å²) in [6.45, 7) is -0.484. The number of rotatable bonds is 7. The van der Waals surface area contributed by atoms with Crippen LogP contribution in [0.1, 0.15) is 24.1 Å². The highest BCUT2D eigenvalue weighted by atomic mass is 32.2. The quantitative estimate of drug-likeness (QED) is 0.421. The SMILES string of the molecule is O=C(CCc1cc(-c2ccc(C(F)(F)F)cc2)ncn1)[C@@H]1C[C@@H](F)CN1S(=O)(=O)c1ccc(F)cc1. The summed E-state index contributed by atoms with van der Waals surface area (Å²) in [5.41, 5.74) is 0.391. The molecular weight excluding hydrogens is 505 g/mol. The van der Waals surface area contributed by atoms with Crippen LogP contribution in [-0.4, -0.2) is 47.2 Å². The number of aromatic nitrogens is 2. The molecule has 0 unspecified atom stereocenters. The lowest BCUT2D eigenvalue weighted by molar-refractivity contribution is -0.137. The molecule has 2 atom stereocenters. The van der Waals surface area contributed by atoms with Crippen molar-refractivity contribution in [1.29, 1.82) is 0 Å². The van der Waals surface area contributed by atoms with Gasteiger partial charge in [-0.15, -0.1) is 0 Å². The third kappa shape index (κ3) is 5.59.